The van der Waals surface area contributed by atoms with Crippen molar-refractivity contribution < 1.29 is 9.50 Å². The zero-order valence-corrected chi connectivity index (χ0v) is 7.89. The van der Waals surface area contributed by atoms with E-state index in [1.807, 2.05) is 0 Å². The third-order valence-electron chi connectivity index (χ3n) is 1.27. The summed E-state index contributed by atoms with van der Waals surface area (Å²) in [5.74, 6) is 1.45. The molecule has 0 aromatic heterocycles. The largest absolute Gasteiger partial charge is 0.300 e. The molecule has 0 radical (unpaired) electrons. The Kier molecular flexibility index (Phi) is 7.59. The zero-order valence-electron chi connectivity index (χ0n) is 7.89. The van der Waals surface area contributed by atoms with Gasteiger partial charge in [-0.15, -0.1) is 0 Å². The minimum atomic E-state index is 0. The molecular weight excluding hydrogens is 143 g/mol. The molecular formula is C9H19FO. The van der Waals surface area contributed by atoms with Crippen molar-refractivity contribution in [2.45, 2.75) is 40.5 Å². The SMILES string of the molecule is CC(C)CC(=O)CC(C)C.F. The summed E-state index contributed by atoms with van der Waals surface area (Å²) >= 11 is 0. The second kappa shape index (κ2) is 6.32. The van der Waals surface area contributed by atoms with Gasteiger partial charge >= 0.3 is 0 Å². The molecule has 0 rings (SSSR count). The van der Waals surface area contributed by atoms with E-state index in [1.54, 1.807) is 0 Å². The van der Waals surface area contributed by atoms with Crippen molar-refractivity contribution in [1.29, 1.82) is 0 Å². The summed E-state index contributed by atoms with van der Waals surface area (Å²) < 4.78 is 0. The highest BCUT2D eigenvalue weighted by Crippen LogP contribution is 2.07. The van der Waals surface area contributed by atoms with Crippen LogP contribution in [0.15, 0.2) is 0 Å². The molecule has 2 heteroatoms. The fraction of sp³-hybridized carbons (Fsp3) is 0.889. The molecule has 0 aliphatic heterocycles. The summed E-state index contributed by atoms with van der Waals surface area (Å²) in [6, 6.07) is 0. The average Bonchev–Trinajstić information content (AvgIpc) is 1.58. The van der Waals surface area contributed by atoms with Gasteiger partial charge in [-0.1, -0.05) is 27.7 Å². The van der Waals surface area contributed by atoms with Crippen LogP contribution in [0, 0.1) is 11.8 Å². The number of ketones is 1. The predicted octanol–water partition coefficient (Wildman–Crippen LogP) is 2.80. The molecule has 0 heterocycles. The Morgan fingerprint density at radius 2 is 1.27 bits per heavy atom. The Labute approximate surface area is 68.5 Å². The summed E-state index contributed by atoms with van der Waals surface area (Å²) in [7, 11) is 0. The lowest BCUT2D eigenvalue weighted by molar-refractivity contribution is -0.120. The first-order valence-electron chi connectivity index (χ1n) is 4.04. The van der Waals surface area contributed by atoms with Crippen LogP contribution >= 0.6 is 0 Å². The normalized spacial score (nSPS) is 10.0. The average molecular weight is 162 g/mol. The fourth-order valence-electron chi connectivity index (χ4n) is 0.994. The van der Waals surface area contributed by atoms with Crippen molar-refractivity contribution in [3.63, 3.8) is 0 Å². The van der Waals surface area contributed by atoms with Crippen LogP contribution in [0.25, 0.3) is 0 Å². The van der Waals surface area contributed by atoms with Crippen LogP contribution < -0.4 is 0 Å². The fourth-order valence-corrected chi connectivity index (χ4v) is 0.994. The first kappa shape index (κ1) is 13.2. The molecule has 11 heavy (non-hydrogen) atoms. The number of carbonyl (C=O) groups excluding carboxylic acids is 1. The van der Waals surface area contributed by atoms with Gasteiger partial charge in [0.15, 0.2) is 0 Å². The molecule has 0 aromatic rings. The second-order valence-electron chi connectivity index (χ2n) is 3.73. The van der Waals surface area contributed by atoms with E-state index in [2.05, 4.69) is 27.7 Å². The molecule has 0 atom stereocenters. The second-order valence-corrected chi connectivity index (χ2v) is 3.73. The standard InChI is InChI=1S/C9H18O.FH/c1-7(2)5-9(10)6-8(3)4;/h7-8H,5-6H2,1-4H3;1H. The minimum absolute atomic E-state index is 0. The van der Waals surface area contributed by atoms with Crippen molar-refractivity contribution in [1.82, 2.24) is 0 Å². The molecule has 1 nitrogen and oxygen atoms in total. The number of rotatable bonds is 4. The number of carbonyl (C=O) groups is 1. The van der Waals surface area contributed by atoms with Gasteiger partial charge in [0.25, 0.3) is 0 Å². The van der Waals surface area contributed by atoms with Gasteiger partial charge < -0.3 is 0 Å². The van der Waals surface area contributed by atoms with Gasteiger partial charge in [-0.05, 0) is 11.8 Å². The van der Waals surface area contributed by atoms with E-state index >= 15 is 0 Å². The first-order chi connectivity index (χ1) is 4.52. The molecule has 0 spiro atoms. The summed E-state index contributed by atoms with van der Waals surface area (Å²) in [6.07, 6.45) is 1.50. The van der Waals surface area contributed by atoms with Crippen LogP contribution in [0.4, 0.5) is 4.70 Å². The third kappa shape index (κ3) is 9.60. The van der Waals surface area contributed by atoms with E-state index < -0.39 is 0 Å². The summed E-state index contributed by atoms with van der Waals surface area (Å²) in [6.45, 7) is 8.33. The van der Waals surface area contributed by atoms with Crippen molar-refractivity contribution in [2.24, 2.45) is 11.8 Å². The van der Waals surface area contributed by atoms with Gasteiger partial charge in [0.1, 0.15) is 5.78 Å². The van der Waals surface area contributed by atoms with E-state index in [9.17, 15) is 4.79 Å². The maximum absolute atomic E-state index is 11.1. The van der Waals surface area contributed by atoms with Gasteiger partial charge in [-0.3, -0.25) is 9.50 Å². The smallest absolute Gasteiger partial charge is 0.133 e. The third-order valence-corrected chi connectivity index (χ3v) is 1.27. The summed E-state index contributed by atoms with van der Waals surface area (Å²) in [5.41, 5.74) is 0. The molecule has 0 fully saturated rings. The van der Waals surface area contributed by atoms with Crippen LogP contribution in [0.5, 0.6) is 0 Å². The molecule has 0 aromatic carbocycles. The van der Waals surface area contributed by atoms with E-state index in [-0.39, 0.29) is 4.70 Å². The monoisotopic (exact) mass is 162 g/mol. The van der Waals surface area contributed by atoms with Crippen LogP contribution in [-0.2, 0) is 4.79 Å². The van der Waals surface area contributed by atoms with E-state index in [1.165, 1.54) is 0 Å². The lowest BCUT2D eigenvalue weighted by Crippen LogP contribution is -2.05. The topological polar surface area (TPSA) is 17.1 Å². The molecule has 0 bridgehead atoms. The lowest BCUT2D eigenvalue weighted by Gasteiger charge is -2.05. The van der Waals surface area contributed by atoms with Crippen molar-refractivity contribution in [2.75, 3.05) is 0 Å². The summed E-state index contributed by atoms with van der Waals surface area (Å²) in [5, 5.41) is 0. The Bertz CT molecular complexity index is 96.1. The van der Waals surface area contributed by atoms with Crippen molar-refractivity contribution >= 4 is 5.78 Å². The zero-order chi connectivity index (χ0) is 8.15. The Morgan fingerprint density at radius 1 is 1.00 bits per heavy atom. The van der Waals surface area contributed by atoms with E-state index in [4.69, 9.17) is 0 Å². The highest BCUT2D eigenvalue weighted by atomic mass is 19.0. The van der Waals surface area contributed by atoms with Gasteiger partial charge in [0.2, 0.25) is 0 Å². The number of Topliss-reactive ketones (excluding diaryl/α,β-unsaturated/α-hetero) is 1. The quantitative estimate of drug-likeness (QED) is 0.621. The van der Waals surface area contributed by atoms with E-state index in [0.29, 0.717) is 17.6 Å². The first-order valence-corrected chi connectivity index (χ1v) is 4.04. The van der Waals surface area contributed by atoms with Gasteiger partial charge in [-0.25, -0.2) is 0 Å². The Hall–Kier alpha value is -0.400. The molecule has 0 saturated carbocycles. The Morgan fingerprint density at radius 3 is 1.45 bits per heavy atom. The molecule has 0 amide bonds. The molecule has 0 aliphatic rings. The minimum Gasteiger partial charge on any atom is -0.300 e. The number of hydrogen-bond acceptors (Lipinski definition) is 1. The molecule has 0 saturated heterocycles. The number of hydrogen-bond donors (Lipinski definition) is 0. The van der Waals surface area contributed by atoms with Crippen LogP contribution in [0.1, 0.15) is 40.5 Å². The summed E-state index contributed by atoms with van der Waals surface area (Å²) in [4.78, 5) is 11.1. The maximum Gasteiger partial charge on any atom is 0.133 e. The Balaban J connectivity index is 0. The van der Waals surface area contributed by atoms with Crippen LogP contribution in [0.2, 0.25) is 0 Å². The van der Waals surface area contributed by atoms with Crippen LogP contribution in [0.3, 0.4) is 0 Å². The van der Waals surface area contributed by atoms with Gasteiger partial charge in [0, 0.05) is 12.8 Å². The van der Waals surface area contributed by atoms with Crippen LogP contribution in [-0.4, -0.2) is 5.78 Å². The lowest BCUT2D eigenvalue weighted by atomic mass is 10.00. The van der Waals surface area contributed by atoms with Gasteiger partial charge in [0.05, 0.1) is 0 Å². The molecule has 68 valence electrons. The molecule has 0 aliphatic carbocycles. The molecule has 0 N–H and O–H groups in total. The van der Waals surface area contributed by atoms with Crippen molar-refractivity contribution in [3.05, 3.63) is 0 Å². The van der Waals surface area contributed by atoms with E-state index in [0.717, 1.165) is 12.8 Å². The maximum atomic E-state index is 11.1. The predicted molar refractivity (Wildman–Crippen MR) is 46.4 cm³/mol. The number of halogens is 1. The highest BCUT2D eigenvalue weighted by molar-refractivity contribution is 5.78. The van der Waals surface area contributed by atoms with Gasteiger partial charge in [-0.2, -0.15) is 0 Å². The molecule has 0 unspecified atom stereocenters. The highest BCUT2D eigenvalue weighted by Gasteiger charge is 2.06. The van der Waals surface area contributed by atoms with Crippen molar-refractivity contribution in [3.8, 4) is 0 Å².